The number of nitrogens with zero attached hydrogens (tertiary/aromatic N) is 4. The summed E-state index contributed by atoms with van der Waals surface area (Å²) in [6.45, 7) is 2.28. The third-order valence-electron chi connectivity index (χ3n) is 5.44. The number of carbonyl (C=O) groups is 1. The van der Waals surface area contributed by atoms with E-state index in [0.717, 1.165) is 36.6 Å². The number of hydrogen-bond donors (Lipinski definition) is 0. The second kappa shape index (κ2) is 7.20. The van der Waals surface area contributed by atoms with Crippen molar-refractivity contribution in [1.29, 1.82) is 0 Å². The smallest absolute Gasteiger partial charge is 0.273 e. The Balaban J connectivity index is 1.51. The lowest BCUT2D eigenvalue weighted by Crippen LogP contribution is -2.44. The van der Waals surface area contributed by atoms with Gasteiger partial charge in [0.15, 0.2) is 10.8 Å². The molecule has 2 fully saturated rings. The second-order valence-electron chi connectivity index (χ2n) is 7.14. The molecule has 1 amide bonds. The zero-order valence-corrected chi connectivity index (χ0v) is 15.4. The first-order valence-electron chi connectivity index (χ1n) is 9.31. The average molecular weight is 356 g/mol. The molecular formula is C19H24N4OS. The van der Waals surface area contributed by atoms with Crippen LogP contribution in [-0.4, -0.2) is 37.8 Å². The zero-order valence-electron chi connectivity index (χ0n) is 14.6. The highest BCUT2D eigenvalue weighted by Gasteiger charge is 2.39. The summed E-state index contributed by atoms with van der Waals surface area (Å²) in [5, 5.41) is 2.58. The van der Waals surface area contributed by atoms with Gasteiger partial charge in [-0.2, -0.15) is 0 Å². The Morgan fingerprint density at radius 3 is 2.36 bits per heavy atom. The van der Waals surface area contributed by atoms with Crippen LogP contribution in [0.1, 0.15) is 62.4 Å². The maximum atomic E-state index is 13.2. The van der Waals surface area contributed by atoms with Crippen LogP contribution in [-0.2, 0) is 0 Å². The quantitative estimate of drug-likeness (QED) is 0.806. The van der Waals surface area contributed by atoms with Crippen LogP contribution in [0.15, 0.2) is 23.8 Å². The van der Waals surface area contributed by atoms with Gasteiger partial charge in [-0.3, -0.25) is 4.79 Å². The van der Waals surface area contributed by atoms with Crippen molar-refractivity contribution in [3.05, 3.63) is 29.5 Å². The fourth-order valence-electron chi connectivity index (χ4n) is 3.83. The van der Waals surface area contributed by atoms with Gasteiger partial charge in [0.05, 0.1) is 0 Å². The largest absolute Gasteiger partial charge is 0.331 e. The van der Waals surface area contributed by atoms with E-state index in [9.17, 15) is 4.79 Å². The fraction of sp³-hybridized carbons (Fsp3) is 0.579. The summed E-state index contributed by atoms with van der Waals surface area (Å²) >= 11 is 1.45. The second-order valence-corrected chi connectivity index (χ2v) is 7.99. The summed E-state index contributed by atoms with van der Waals surface area (Å²) in [4.78, 5) is 28.3. The SMILES string of the molecule is CCC1CCC(N(C(=O)c2csc(-c3ncccn3)n2)C2CC2)CC1. The Labute approximate surface area is 152 Å². The van der Waals surface area contributed by atoms with E-state index in [1.807, 2.05) is 5.38 Å². The minimum atomic E-state index is 0.0980. The molecule has 0 aliphatic heterocycles. The van der Waals surface area contributed by atoms with Crippen LogP contribution < -0.4 is 0 Å². The van der Waals surface area contributed by atoms with Gasteiger partial charge >= 0.3 is 0 Å². The maximum absolute atomic E-state index is 13.2. The highest BCUT2D eigenvalue weighted by atomic mass is 32.1. The van der Waals surface area contributed by atoms with Gasteiger partial charge in [0, 0.05) is 29.9 Å². The third-order valence-corrected chi connectivity index (χ3v) is 6.28. The first-order valence-corrected chi connectivity index (χ1v) is 10.2. The molecule has 0 bridgehead atoms. The molecule has 2 saturated carbocycles. The molecule has 0 aromatic carbocycles. The molecule has 0 saturated heterocycles. The van der Waals surface area contributed by atoms with Crippen molar-refractivity contribution in [2.24, 2.45) is 5.92 Å². The standard InChI is InChI=1S/C19H24N4OS/c1-2-13-4-6-14(7-5-13)23(15-8-9-15)19(24)16-12-25-18(22-16)17-20-10-3-11-21-17/h3,10-15H,2,4-9H2,1H3. The summed E-state index contributed by atoms with van der Waals surface area (Å²) in [6, 6.07) is 2.60. The molecule has 0 radical (unpaired) electrons. The van der Waals surface area contributed by atoms with Crippen molar-refractivity contribution in [1.82, 2.24) is 19.9 Å². The Hall–Kier alpha value is -1.82. The highest BCUT2D eigenvalue weighted by molar-refractivity contribution is 7.13. The average Bonchev–Trinajstić information content (AvgIpc) is 3.37. The van der Waals surface area contributed by atoms with Crippen molar-refractivity contribution in [2.45, 2.75) is 64.0 Å². The first kappa shape index (κ1) is 16.6. The van der Waals surface area contributed by atoms with Gasteiger partial charge in [-0.1, -0.05) is 13.3 Å². The molecule has 132 valence electrons. The molecule has 0 unspecified atom stereocenters. The highest BCUT2D eigenvalue weighted by Crippen LogP contribution is 2.37. The Kier molecular flexibility index (Phi) is 4.79. The topological polar surface area (TPSA) is 59.0 Å². The minimum absolute atomic E-state index is 0.0980. The number of rotatable bonds is 5. The van der Waals surface area contributed by atoms with Crippen LogP contribution in [0.4, 0.5) is 0 Å². The number of aromatic nitrogens is 3. The molecule has 2 aromatic rings. The molecule has 25 heavy (non-hydrogen) atoms. The predicted octanol–water partition coefficient (Wildman–Crippen LogP) is 4.17. The van der Waals surface area contributed by atoms with Gasteiger partial charge in [-0.15, -0.1) is 11.3 Å². The molecule has 5 nitrogen and oxygen atoms in total. The van der Waals surface area contributed by atoms with E-state index in [-0.39, 0.29) is 5.91 Å². The summed E-state index contributed by atoms with van der Waals surface area (Å²) in [7, 11) is 0. The molecule has 2 heterocycles. The summed E-state index contributed by atoms with van der Waals surface area (Å²) in [5.41, 5.74) is 0.553. The summed E-state index contributed by atoms with van der Waals surface area (Å²) < 4.78 is 0. The zero-order chi connectivity index (χ0) is 17.2. The maximum Gasteiger partial charge on any atom is 0.273 e. The predicted molar refractivity (Wildman–Crippen MR) is 98.4 cm³/mol. The Morgan fingerprint density at radius 1 is 1.12 bits per heavy atom. The lowest BCUT2D eigenvalue weighted by Gasteiger charge is -2.36. The fourth-order valence-corrected chi connectivity index (χ4v) is 4.57. The number of hydrogen-bond acceptors (Lipinski definition) is 5. The number of carbonyl (C=O) groups excluding carboxylic acids is 1. The van der Waals surface area contributed by atoms with Crippen LogP contribution >= 0.6 is 11.3 Å². The Morgan fingerprint density at radius 2 is 1.76 bits per heavy atom. The molecule has 0 spiro atoms. The number of amides is 1. The molecule has 0 N–H and O–H groups in total. The van der Waals surface area contributed by atoms with Crippen molar-refractivity contribution in [2.75, 3.05) is 0 Å². The Bertz CT molecular complexity index is 720. The summed E-state index contributed by atoms with van der Waals surface area (Å²) in [5.74, 6) is 1.53. The van der Waals surface area contributed by atoms with E-state index in [2.05, 4.69) is 26.8 Å². The molecule has 6 heteroatoms. The van der Waals surface area contributed by atoms with E-state index in [1.54, 1.807) is 18.5 Å². The van der Waals surface area contributed by atoms with Crippen LogP contribution in [0.5, 0.6) is 0 Å². The normalized spacial score (nSPS) is 23.4. The number of thiazole rings is 1. The van der Waals surface area contributed by atoms with Crippen molar-refractivity contribution >= 4 is 17.2 Å². The van der Waals surface area contributed by atoms with Crippen LogP contribution in [0.2, 0.25) is 0 Å². The van der Waals surface area contributed by atoms with E-state index < -0.39 is 0 Å². The van der Waals surface area contributed by atoms with Crippen LogP contribution in [0.25, 0.3) is 10.8 Å². The van der Waals surface area contributed by atoms with E-state index in [0.29, 0.717) is 23.6 Å². The van der Waals surface area contributed by atoms with Gasteiger partial charge in [-0.05, 0) is 50.5 Å². The monoisotopic (exact) mass is 356 g/mol. The third kappa shape index (κ3) is 3.59. The van der Waals surface area contributed by atoms with Crippen LogP contribution in [0.3, 0.4) is 0 Å². The summed E-state index contributed by atoms with van der Waals surface area (Å²) in [6.07, 6.45) is 11.7. The molecule has 4 rings (SSSR count). The van der Waals surface area contributed by atoms with Crippen molar-refractivity contribution < 1.29 is 4.79 Å². The van der Waals surface area contributed by atoms with Gasteiger partial charge in [-0.25, -0.2) is 15.0 Å². The van der Waals surface area contributed by atoms with Gasteiger partial charge in [0.2, 0.25) is 0 Å². The lowest BCUT2D eigenvalue weighted by molar-refractivity contribution is 0.0582. The van der Waals surface area contributed by atoms with Gasteiger partial charge < -0.3 is 4.90 Å². The molecular weight excluding hydrogens is 332 g/mol. The first-order chi connectivity index (χ1) is 12.3. The van der Waals surface area contributed by atoms with E-state index in [4.69, 9.17) is 0 Å². The molecule has 2 aromatic heterocycles. The van der Waals surface area contributed by atoms with Crippen LogP contribution in [0, 0.1) is 5.92 Å². The molecule has 0 atom stereocenters. The van der Waals surface area contributed by atoms with Gasteiger partial charge in [0.25, 0.3) is 5.91 Å². The van der Waals surface area contributed by atoms with E-state index in [1.165, 1.54) is 30.6 Å². The van der Waals surface area contributed by atoms with Gasteiger partial charge in [0.1, 0.15) is 5.69 Å². The van der Waals surface area contributed by atoms with Crippen molar-refractivity contribution in [3.8, 4) is 10.8 Å². The molecule has 2 aliphatic rings. The molecule has 2 aliphatic carbocycles. The van der Waals surface area contributed by atoms with E-state index >= 15 is 0 Å². The lowest BCUT2D eigenvalue weighted by atomic mass is 9.84. The van der Waals surface area contributed by atoms with Crippen molar-refractivity contribution in [3.63, 3.8) is 0 Å². The minimum Gasteiger partial charge on any atom is -0.331 e.